The zero-order chi connectivity index (χ0) is 14.9. The van der Waals surface area contributed by atoms with Crippen LogP contribution in [-0.4, -0.2) is 45.8 Å². The minimum atomic E-state index is -0.825. The number of fused-ring (bicyclic) bond motifs is 1. The van der Waals surface area contributed by atoms with Crippen LogP contribution in [0.3, 0.4) is 0 Å². The van der Waals surface area contributed by atoms with E-state index >= 15 is 0 Å². The van der Waals surface area contributed by atoms with Crippen molar-refractivity contribution in [3.8, 4) is 11.8 Å². The fraction of sp³-hybridized carbons (Fsp3) is 0.625. The summed E-state index contributed by atoms with van der Waals surface area (Å²) in [5.74, 6) is 5.82. The minimum absolute atomic E-state index is 0.109. The van der Waals surface area contributed by atoms with Gasteiger partial charge in [-0.15, -0.1) is 0 Å². The molecular weight excluding hydrogens is 256 g/mol. The Labute approximate surface area is 119 Å². The summed E-state index contributed by atoms with van der Waals surface area (Å²) in [5.41, 5.74) is 0.455. The van der Waals surface area contributed by atoms with Crippen molar-refractivity contribution >= 4 is 0 Å². The molecule has 3 N–H and O–H groups in total. The van der Waals surface area contributed by atoms with Crippen molar-refractivity contribution in [3.63, 3.8) is 0 Å². The minimum Gasteiger partial charge on any atom is -0.396 e. The van der Waals surface area contributed by atoms with Crippen molar-refractivity contribution in [3.05, 3.63) is 23.8 Å². The smallest absolute Gasteiger partial charge is 0.128 e. The Bertz CT molecular complexity index is 484. The number of ether oxygens (including phenoxy) is 1. The molecule has 1 fully saturated rings. The Balaban J connectivity index is 2.13. The van der Waals surface area contributed by atoms with Crippen molar-refractivity contribution in [2.75, 3.05) is 6.61 Å². The maximum atomic E-state index is 10.4. The summed E-state index contributed by atoms with van der Waals surface area (Å²) >= 11 is 0. The van der Waals surface area contributed by atoms with Crippen LogP contribution in [-0.2, 0) is 4.74 Å². The van der Waals surface area contributed by atoms with Gasteiger partial charge in [0.15, 0.2) is 0 Å². The van der Waals surface area contributed by atoms with Gasteiger partial charge in [-0.25, -0.2) is 0 Å². The summed E-state index contributed by atoms with van der Waals surface area (Å²) in [4.78, 5) is 0. The van der Waals surface area contributed by atoms with E-state index in [1.54, 1.807) is 13.0 Å². The first kappa shape index (κ1) is 15.3. The number of epoxide rings is 1. The van der Waals surface area contributed by atoms with Gasteiger partial charge < -0.3 is 20.1 Å². The molecule has 0 radical (unpaired) electrons. The molecule has 4 nitrogen and oxygen atoms in total. The van der Waals surface area contributed by atoms with E-state index in [9.17, 15) is 10.2 Å². The molecule has 110 valence electrons. The van der Waals surface area contributed by atoms with Gasteiger partial charge in [-0.3, -0.25) is 0 Å². The molecular formula is C16H22O4. The van der Waals surface area contributed by atoms with E-state index < -0.39 is 17.8 Å². The third-order valence-corrected chi connectivity index (χ3v) is 3.95. The van der Waals surface area contributed by atoms with Crippen molar-refractivity contribution in [2.45, 2.75) is 50.6 Å². The van der Waals surface area contributed by atoms with E-state index in [4.69, 9.17) is 9.84 Å². The van der Waals surface area contributed by atoms with Gasteiger partial charge >= 0.3 is 0 Å². The largest absolute Gasteiger partial charge is 0.396 e. The van der Waals surface area contributed by atoms with Crippen molar-refractivity contribution in [1.82, 2.24) is 0 Å². The van der Waals surface area contributed by atoms with Crippen LogP contribution in [0.5, 0.6) is 0 Å². The lowest BCUT2D eigenvalue weighted by atomic mass is 9.80. The number of aliphatic hydroxyl groups is 3. The van der Waals surface area contributed by atoms with Crippen LogP contribution in [0.2, 0.25) is 0 Å². The lowest BCUT2D eigenvalue weighted by Crippen LogP contribution is -2.41. The Kier molecular flexibility index (Phi) is 4.36. The molecule has 0 spiro atoms. The standard InChI is InChI=1S/C16H22O4/c1-10(2)4-5-12-8-13(18)15-16(20-15,14(12)19)7-6-11(3)9-17/h8,11,13-15,17-19H,1,6-7,9H2,2-3H3/t11?,13-,14-,15+,16-/m1/s1. The van der Waals surface area contributed by atoms with Gasteiger partial charge in [-0.1, -0.05) is 25.3 Å². The maximum absolute atomic E-state index is 10.4. The third-order valence-electron chi connectivity index (χ3n) is 3.95. The van der Waals surface area contributed by atoms with Crippen molar-refractivity contribution in [1.29, 1.82) is 0 Å². The number of hydrogen-bond donors (Lipinski definition) is 3. The Morgan fingerprint density at radius 2 is 2.25 bits per heavy atom. The highest BCUT2D eigenvalue weighted by Crippen LogP contribution is 2.51. The quantitative estimate of drug-likeness (QED) is 0.525. The topological polar surface area (TPSA) is 73.2 Å². The van der Waals surface area contributed by atoms with Gasteiger partial charge in [0.25, 0.3) is 0 Å². The average molecular weight is 278 g/mol. The lowest BCUT2D eigenvalue weighted by Gasteiger charge is -2.26. The molecule has 1 aliphatic heterocycles. The third kappa shape index (κ3) is 2.82. The van der Waals surface area contributed by atoms with Crippen LogP contribution in [0.25, 0.3) is 0 Å². The fourth-order valence-corrected chi connectivity index (χ4v) is 2.60. The maximum Gasteiger partial charge on any atom is 0.128 e. The first-order valence-corrected chi connectivity index (χ1v) is 6.94. The second-order valence-electron chi connectivity index (χ2n) is 5.87. The SMILES string of the molecule is C=C(C)C#CC1=C[C@@H](O)[C@@H]2O[C@]2(CCC(C)CO)[C@@H]1O. The fourth-order valence-electron chi connectivity index (χ4n) is 2.60. The molecule has 4 heteroatoms. The molecule has 1 saturated heterocycles. The monoisotopic (exact) mass is 278 g/mol. The number of rotatable bonds is 4. The van der Waals surface area contributed by atoms with E-state index in [0.717, 1.165) is 6.42 Å². The summed E-state index contributed by atoms with van der Waals surface area (Å²) in [6.07, 6.45) is 0.970. The first-order chi connectivity index (χ1) is 9.40. The molecule has 0 aromatic heterocycles. The van der Waals surface area contributed by atoms with Crippen LogP contribution < -0.4 is 0 Å². The van der Waals surface area contributed by atoms with Crippen LogP contribution in [0, 0.1) is 17.8 Å². The van der Waals surface area contributed by atoms with Crippen LogP contribution >= 0.6 is 0 Å². The zero-order valence-corrected chi connectivity index (χ0v) is 12.0. The normalized spacial score (nSPS) is 36.2. The second-order valence-corrected chi connectivity index (χ2v) is 5.87. The molecule has 0 aromatic rings. The Hall–Kier alpha value is -1.12. The van der Waals surface area contributed by atoms with Gasteiger partial charge in [0.1, 0.15) is 23.9 Å². The number of allylic oxidation sites excluding steroid dienone is 1. The molecule has 2 rings (SSSR count). The molecule has 0 aromatic carbocycles. The van der Waals surface area contributed by atoms with Gasteiger partial charge in [0.2, 0.25) is 0 Å². The highest BCUT2D eigenvalue weighted by molar-refractivity contribution is 5.45. The molecule has 0 amide bonds. The van der Waals surface area contributed by atoms with E-state index in [-0.39, 0.29) is 18.6 Å². The molecule has 1 unspecified atom stereocenters. The second kappa shape index (κ2) is 5.71. The molecule has 1 heterocycles. The molecule has 0 bridgehead atoms. The van der Waals surface area contributed by atoms with E-state index in [1.807, 2.05) is 6.92 Å². The lowest BCUT2D eigenvalue weighted by molar-refractivity contribution is 0.0906. The predicted molar refractivity (Wildman–Crippen MR) is 75.8 cm³/mol. The Morgan fingerprint density at radius 3 is 2.85 bits per heavy atom. The summed E-state index contributed by atoms with van der Waals surface area (Å²) in [7, 11) is 0. The van der Waals surface area contributed by atoms with E-state index in [1.165, 1.54) is 0 Å². The predicted octanol–water partition coefficient (Wildman–Crippen LogP) is 0.774. The number of aliphatic hydroxyl groups excluding tert-OH is 3. The van der Waals surface area contributed by atoms with Gasteiger partial charge in [-0.05, 0) is 37.3 Å². The van der Waals surface area contributed by atoms with Gasteiger partial charge in [0, 0.05) is 12.2 Å². The van der Waals surface area contributed by atoms with Gasteiger partial charge in [0.05, 0.1) is 0 Å². The molecule has 20 heavy (non-hydrogen) atoms. The van der Waals surface area contributed by atoms with Crippen molar-refractivity contribution in [2.24, 2.45) is 5.92 Å². The van der Waals surface area contributed by atoms with Crippen LogP contribution in [0.4, 0.5) is 0 Å². The Morgan fingerprint density at radius 1 is 1.55 bits per heavy atom. The highest BCUT2D eigenvalue weighted by Gasteiger charge is 2.66. The van der Waals surface area contributed by atoms with Crippen LogP contribution in [0.15, 0.2) is 23.8 Å². The van der Waals surface area contributed by atoms with E-state index in [2.05, 4.69) is 18.4 Å². The summed E-state index contributed by atoms with van der Waals surface area (Å²) < 4.78 is 5.60. The first-order valence-electron chi connectivity index (χ1n) is 6.94. The van der Waals surface area contributed by atoms with Crippen molar-refractivity contribution < 1.29 is 20.1 Å². The van der Waals surface area contributed by atoms with Crippen LogP contribution in [0.1, 0.15) is 26.7 Å². The molecule has 2 aliphatic rings. The zero-order valence-electron chi connectivity index (χ0n) is 12.0. The summed E-state index contributed by atoms with van der Waals surface area (Å²) in [6.45, 7) is 7.53. The molecule has 5 atom stereocenters. The molecule has 0 saturated carbocycles. The summed E-state index contributed by atoms with van der Waals surface area (Å²) in [6, 6.07) is 0. The molecule has 1 aliphatic carbocycles. The van der Waals surface area contributed by atoms with Gasteiger partial charge in [-0.2, -0.15) is 0 Å². The van der Waals surface area contributed by atoms with E-state index in [0.29, 0.717) is 17.6 Å². The average Bonchev–Trinajstić information content (AvgIpc) is 3.15. The highest BCUT2D eigenvalue weighted by atomic mass is 16.6. The summed E-state index contributed by atoms with van der Waals surface area (Å²) in [5, 5.41) is 29.5. The number of hydrogen-bond acceptors (Lipinski definition) is 4.